The summed E-state index contributed by atoms with van der Waals surface area (Å²) in [6.45, 7) is 18.0. The Kier molecular flexibility index (Phi) is 9.23. The maximum atomic E-state index is 14.0. The van der Waals surface area contributed by atoms with Gasteiger partial charge in [-0.1, -0.05) is 39.8 Å². The number of benzene rings is 1. The zero-order valence-electron chi connectivity index (χ0n) is 22.3. The number of hydrogen-bond acceptors (Lipinski definition) is 6. The first-order valence-electron chi connectivity index (χ1n) is 11.8. The molecule has 0 saturated carbocycles. The summed E-state index contributed by atoms with van der Waals surface area (Å²) in [5.74, 6) is 0. The lowest BCUT2D eigenvalue weighted by molar-refractivity contribution is 0.0189. The second-order valence-corrected chi connectivity index (χ2v) is 18.9. The number of amides is 1. The van der Waals surface area contributed by atoms with Crippen LogP contribution in [0.2, 0.25) is 18.1 Å². The third-order valence-electron chi connectivity index (χ3n) is 6.29. The predicted molar refractivity (Wildman–Crippen MR) is 147 cm³/mol. The van der Waals surface area contributed by atoms with Gasteiger partial charge in [-0.2, -0.15) is 0 Å². The summed E-state index contributed by atoms with van der Waals surface area (Å²) in [5, 5.41) is 0.109. The molecule has 1 aromatic heterocycles. The number of fused-ring (bicyclic) bond motifs is 1. The first kappa shape index (κ1) is 29.7. The molecule has 35 heavy (non-hydrogen) atoms. The van der Waals surface area contributed by atoms with Crippen LogP contribution in [0.3, 0.4) is 0 Å². The number of rotatable bonds is 8. The Balaban J connectivity index is 2.51. The molecule has 0 aliphatic heterocycles. The fourth-order valence-corrected chi connectivity index (χ4v) is 7.20. The van der Waals surface area contributed by atoms with Gasteiger partial charge in [0, 0.05) is 34.2 Å². The van der Waals surface area contributed by atoms with Crippen molar-refractivity contribution in [2.75, 3.05) is 13.2 Å². The summed E-state index contributed by atoms with van der Waals surface area (Å²) >= 11 is 3.45. The molecule has 0 saturated heterocycles. The molecule has 1 heterocycles. The Morgan fingerprint density at radius 2 is 1.77 bits per heavy atom. The molecule has 0 aliphatic carbocycles. The molecule has 1 unspecified atom stereocenters. The van der Waals surface area contributed by atoms with Crippen molar-refractivity contribution in [2.45, 2.75) is 88.9 Å². The first-order chi connectivity index (χ1) is 15.9. The van der Waals surface area contributed by atoms with E-state index in [1.54, 1.807) is 52.2 Å². The third kappa shape index (κ3) is 7.05. The smallest absolute Gasteiger partial charge is 0.411 e. The van der Waals surface area contributed by atoms with E-state index in [4.69, 9.17) is 9.16 Å². The van der Waals surface area contributed by atoms with E-state index in [2.05, 4.69) is 54.8 Å². The highest BCUT2D eigenvalue weighted by molar-refractivity contribution is 9.10. The van der Waals surface area contributed by atoms with Crippen molar-refractivity contribution in [2.24, 2.45) is 0 Å². The Morgan fingerprint density at radius 1 is 1.14 bits per heavy atom. The minimum atomic E-state index is -3.97. The molecule has 196 valence electrons. The van der Waals surface area contributed by atoms with Gasteiger partial charge >= 0.3 is 6.09 Å². The summed E-state index contributed by atoms with van der Waals surface area (Å²) in [6, 6.07) is 5.07. The minimum Gasteiger partial charge on any atom is -0.444 e. The average Bonchev–Trinajstić information content (AvgIpc) is 2.70. The molecule has 2 rings (SSSR count). The Hall–Kier alpha value is -1.49. The number of pyridine rings is 1. The summed E-state index contributed by atoms with van der Waals surface area (Å²) < 4.78 is 40.6. The van der Waals surface area contributed by atoms with E-state index in [9.17, 15) is 13.2 Å². The highest BCUT2D eigenvalue weighted by Gasteiger charge is 2.40. The van der Waals surface area contributed by atoms with Crippen LogP contribution in [0.4, 0.5) is 4.79 Å². The van der Waals surface area contributed by atoms with E-state index in [1.807, 2.05) is 6.07 Å². The van der Waals surface area contributed by atoms with E-state index in [0.717, 1.165) is 0 Å². The number of ether oxygens (including phenoxy) is 1. The molecule has 0 N–H and O–H groups in total. The molecule has 0 spiro atoms. The van der Waals surface area contributed by atoms with Crippen LogP contribution < -0.4 is 0 Å². The quantitative estimate of drug-likeness (QED) is 0.317. The van der Waals surface area contributed by atoms with Crippen LogP contribution >= 0.6 is 15.9 Å². The molecule has 1 amide bonds. The molecule has 2 aromatic rings. The van der Waals surface area contributed by atoms with E-state index in [-0.39, 0.29) is 29.5 Å². The maximum absolute atomic E-state index is 14.0. The number of hydrogen-bond donors (Lipinski definition) is 0. The Labute approximate surface area is 219 Å². The third-order valence-corrected chi connectivity index (χ3v) is 13.7. The van der Waals surface area contributed by atoms with Gasteiger partial charge in [-0.05, 0) is 67.3 Å². The first-order valence-corrected chi connectivity index (χ1v) is 17.1. The number of nitrogens with zero attached hydrogens (tertiary/aromatic N) is 2. The predicted octanol–water partition coefficient (Wildman–Crippen LogP) is 6.77. The van der Waals surface area contributed by atoms with Crippen LogP contribution in [0, 0.1) is 0 Å². The number of aromatic nitrogens is 1. The second kappa shape index (κ2) is 10.9. The average molecular weight is 588 g/mol. The topological polar surface area (TPSA) is 85.8 Å². The molecule has 0 fully saturated rings. The highest BCUT2D eigenvalue weighted by Crippen LogP contribution is 2.37. The normalized spacial score (nSPS) is 14.1. The largest absolute Gasteiger partial charge is 0.444 e. The van der Waals surface area contributed by atoms with Gasteiger partial charge in [0.2, 0.25) is 0 Å². The summed E-state index contributed by atoms with van der Waals surface area (Å²) in [7, 11) is -6.06. The molecular weight excluding hydrogens is 548 g/mol. The second-order valence-electron chi connectivity index (χ2n) is 11.2. The van der Waals surface area contributed by atoms with Crippen LogP contribution in [0.15, 0.2) is 40.0 Å². The van der Waals surface area contributed by atoms with Gasteiger partial charge in [-0.25, -0.2) is 13.2 Å². The summed E-state index contributed by atoms with van der Waals surface area (Å²) in [6.07, 6.45) is 2.72. The minimum absolute atomic E-state index is 0.0107. The van der Waals surface area contributed by atoms with Crippen LogP contribution in [0.25, 0.3) is 10.8 Å². The fraction of sp³-hybridized carbons (Fsp3) is 0.600. The fourth-order valence-electron chi connectivity index (χ4n) is 3.44. The van der Waals surface area contributed by atoms with Gasteiger partial charge in [0.05, 0.1) is 11.5 Å². The van der Waals surface area contributed by atoms with Crippen LogP contribution in [0.1, 0.15) is 54.9 Å². The number of carbonyl (C=O) groups excluding carboxylic acids is 1. The molecular formula is C25H39BrN2O5SSi. The van der Waals surface area contributed by atoms with Crippen LogP contribution in [0.5, 0.6) is 0 Å². The van der Waals surface area contributed by atoms with Gasteiger partial charge < -0.3 is 9.16 Å². The van der Waals surface area contributed by atoms with Crippen molar-refractivity contribution in [1.29, 1.82) is 0 Å². The molecule has 7 nitrogen and oxygen atoms in total. The maximum Gasteiger partial charge on any atom is 0.411 e. The number of carbonyl (C=O) groups is 1. The number of sulfone groups is 1. The van der Waals surface area contributed by atoms with Crippen molar-refractivity contribution in [3.05, 3.63) is 35.1 Å². The monoisotopic (exact) mass is 586 g/mol. The Bertz CT molecular complexity index is 1150. The molecule has 1 atom stereocenters. The van der Waals surface area contributed by atoms with Gasteiger partial charge in [0.15, 0.2) is 18.2 Å². The van der Waals surface area contributed by atoms with E-state index in [0.29, 0.717) is 15.2 Å². The Morgan fingerprint density at radius 3 is 2.31 bits per heavy atom. The van der Waals surface area contributed by atoms with Crippen molar-refractivity contribution in [3.8, 4) is 0 Å². The van der Waals surface area contributed by atoms with Gasteiger partial charge in [-0.3, -0.25) is 9.88 Å². The zero-order chi connectivity index (χ0) is 26.8. The molecule has 10 heteroatoms. The lowest BCUT2D eigenvalue weighted by Crippen LogP contribution is -2.50. The lowest BCUT2D eigenvalue weighted by Gasteiger charge is -2.38. The van der Waals surface area contributed by atoms with Crippen molar-refractivity contribution in [1.82, 2.24) is 9.88 Å². The van der Waals surface area contributed by atoms with E-state index >= 15 is 0 Å². The summed E-state index contributed by atoms with van der Waals surface area (Å²) in [5.41, 5.74) is -0.772. The highest BCUT2D eigenvalue weighted by atomic mass is 79.9. The molecule has 1 aromatic carbocycles. The van der Waals surface area contributed by atoms with Crippen molar-refractivity contribution >= 4 is 51.0 Å². The van der Waals surface area contributed by atoms with E-state index in [1.165, 1.54) is 4.90 Å². The number of halogens is 1. The summed E-state index contributed by atoms with van der Waals surface area (Å²) in [4.78, 5) is 18.9. The van der Waals surface area contributed by atoms with Crippen molar-refractivity contribution in [3.63, 3.8) is 0 Å². The molecule has 0 bridgehead atoms. The van der Waals surface area contributed by atoms with Crippen LogP contribution in [-0.4, -0.2) is 56.8 Å². The lowest BCUT2D eigenvalue weighted by atomic mass is 10.2. The van der Waals surface area contributed by atoms with E-state index < -0.39 is 35.2 Å². The molecule has 0 aliphatic rings. The van der Waals surface area contributed by atoms with Gasteiger partial charge in [0.25, 0.3) is 0 Å². The van der Waals surface area contributed by atoms with Gasteiger partial charge in [-0.15, -0.1) is 0 Å². The van der Waals surface area contributed by atoms with Crippen LogP contribution in [-0.2, 0) is 19.0 Å². The van der Waals surface area contributed by atoms with Gasteiger partial charge in [0.1, 0.15) is 11.0 Å². The zero-order valence-corrected chi connectivity index (χ0v) is 25.7. The SMILES string of the molecule is CCC(N(CCO[Si](C)(C)C(C)(C)C)C(=O)OC(C)(C)C)S(=O)(=O)c1cccc2cncc(Br)c12. The van der Waals surface area contributed by atoms with Crippen molar-refractivity contribution < 1.29 is 22.4 Å². The molecule has 0 radical (unpaired) electrons. The standard InChI is InChI=1S/C25H39BrN2O5SSi/c1-10-21(34(30,31)20-13-11-12-18-16-27-17-19(26)22(18)20)28(23(29)33-24(2,3)4)14-15-32-35(8,9)25(5,6)7/h11-13,16-17,21H,10,14-15H2,1-9H3.